The number of carbonyl (C=O) groups is 1. The van der Waals surface area contributed by atoms with E-state index in [0.717, 1.165) is 41.5 Å². The van der Waals surface area contributed by atoms with E-state index in [9.17, 15) is 9.90 Å². The van der Waals surface area contributed by atoms with Crippen LogP contribution in [0.4, 0.5) is 5.69 Å². The molecule has 1 saturated heterocycles. The van der Waals surface area contributed by atoms with Crippen LogP contribution in [-0.4, -0.2) is 38.9 Å². The van der Waals surface area contributed by atoms with Gasteiger partial charge in [0.1, 0.15) is 4.91 Å². The van der Waals surface area contributed by atoms with Crippen LogP contribution >= 0.6 is 23.4 Å². The minimum atomic E-state index is -0.991. The highest BCUT2D eigenvalue weighted by Crippen LogP contribution is 2.32. The number of nitrogens with zero attached hydrogens (tertiary/aromatic N) is 4. The number of rotatable bonds is 7. The molecule has 1 N–H and O–H groups in total. The molecule has 1 aliphatic heterocycles. The highest BCUT2D eigenvalue weighted by Gasteiger charge is 2.19. The third kappa shape index (κ3) is 4.84. The molecule has 0 radical (unpaired) electrons. The third-order valence-electron chi connectivity index (χ3n) is 5.51. The minimum Gasteiger partial charge on any atom is -0.477 e. The smallest absolute Gasteiger partial charge is 0.342 e. The highest BCUT2D eigenvalue weighted by atomic mass is 35.5. The average molecular weight is 469 g/mol. The van der Waals surface area contributed by atoms with Crippen molar-refractivity contribution in [2.24, 2.45) is 0 Å². The Morgan fingerprint density at radius 3 is 2.50 bits per heavy atom. The lowest BCUT2D eigenvalue weighted by Crippen LogP contribution is -2.18. The molecular weight excluding hydrogens is 444 g/mol. The van der Waals surface area contributed by atoms with Crippen molar-refractivity contribution in [1.29, 1.82) is 0 Å². The number of carboxylic acid groups (broad SMARTS) is 1. The van der Waals surface area contributed by atoms with Crippen LogP contribution in [0.25, 0.3) is 17.5 Å². The van der Waals surface area contributed by atoms with Crippen molar-refractivity contribution in [2.75, 3.05) is 18.0 Å². The Bertz CT molecular complexity index is 1150. The molecule has 2 heterocycles. The fourth-order valence-corrected chi connectivity index (χ4v) is 4.94. The standard InChI is InChI=1S/C24H25ClN4O2S/c1-3-29-22(18-7-9-19(25)10-8-18)26-27-24(29)32-21(23(30)31)15-17-6-11-20(16(2)14-17)28-12-4-5-13-28/h6-11,14-15H,3-5,12-13H2,1-2H3,(H,30,31)/b21-15+. The van der Waals surface area contributed by atoms with Crippen LogP contribution in [0.3, 0.4) is 0 Å². The second-order valence-corrected chi connectivity index (χ2v) is 9.16. The molecule has 166 valence electrons. The van der Waals surface area contributed by atoms with Gasteiger partial charge in [-0.2, -0.15) is 0 Å². The molecule has 32 heavy (non-hydrogen) atoms. The van der Waals surface area contributed by atoms with Gasteiger partial charge in [0.2, 0.25) is 0 Å². The van der Waals surface area contributed by atoms with E-state index in [0.29, 0.717) is 22.5 Å². The molecule has 0 saturated carbocycles. The first-order valence-electron chi connectivity index (χ1n) is 10.6. The zero-order valence-electron chi connectivity index (χ0n) is 18.1. The van der Waals surface area contributed by atoms with Gasteiger partial charge >= 0.3 is 5.97 Å². The molecule has 0 unspecified atom stereocenters. The van der Waals surface area contributed by atoms with Crippen molar-refractivity contribution in [3.05, 3.63) is 63.5 Å². The number of thioether (sulfide) groups is 1. The summed E-state index contributed by atoms with van der Waals surface area (Å²) < 4.78 is 1.91. The molecule has 0 atom stereocenters. The van der Waals surface area contributed by atoms with Crippen LogP contribution < -0.4 is 4.90 Å². The third-order valence-corrected chi connectivity index (χ3v) is 6.76. The van der Waals surface area contributed by atoms with Crippen molar-refractivity contribution in [3.63, 3.8) is 0 Å². The first-order chi connectivity index (χ1) is 15.5. The quantitative estimate of drug-likeness (QED) is 0.352. The molecule has 2 aromatic carbocycles. The van der Waals surface area contributed by atoms with Gasteiger partial charge in [-0.15, -0.1) is 10.2 Å². The van der Waals surface area contributed by atoms with Gasteiger partial charge in [0.25, 0.3) is 0 Å². The number of hydrogen-bond donors (Lipinski definition) is 1. The monoisotopic (exact) mass is 468 g/mol. The largest absolute Gasteiger partial charge is 0.477 e. The summed E-state index contributed by atoms with van der Waals surface area (Å²) in [5, 5.41) is 19.6. The zero-order valence-corrected chi connectivity index (χ0v) is 19.7. The molecule has 1 fully saturated rings. The second kappa shape index (κ2) is 9.79. The summed E-state index contributed by atoms with van der Waals surface area (Å²) in [5.41, 5.74) is 4.11. The van der Waals surface area contributed by atoms with E-state index in [-0.39, 0.29) is 4.91 Å². The van der Waals surface area contributed by atoms with Gasteiger partial charge in [-0.3, -0.25) is 0 Å². The van der Waals surface area contributed by atoms with Crippen LogP contribution in [0.15, 0.2) is 52.5 Å². The second-order valence-electron chi connectivity index (χ2n) is 7.71. The van der Waals surface area contributed by atoms with Crippen molar-refractivity contribution in [2.45, 2.75) is 38.4 Å². The molecule has 0 amide bonds. The maximum atomic E-state index is 12.0. The molecule has 0 bridgehead atoms. The summed E-state index contributed by atoms with van der Waals surface area (Å²) in [6.45, 7) is 6.83. The number of carboxylic acids is 1. The lowest BCUT2D eigenvalue weighted by Gasteiger charge is -2.20. The van der Waals surface area contributed by atoms with E-state index in [1.807, 2.05) is 35.8 Å². The zero-order chi connectivity index (χ0) is 22.7. The van der Waals surface area contributed by atoms with Crippen LogP contribution in [0, 0.1) is 6.92 Å². The summed E-state index contributed by atoms with van der Waals surface area (Å²) in [4.78, 5) is 14.6. The Balaban J connectivity index is 1.61. The van der Waals surface area contributed by atoms with Crippen molar-refractivity contribution < 1.29 is 9.90 Å². The summed E-state index contributed by atoms with van der Waals surface area (Å²) in [6, 6.07) is 13.5. The van der Waals surface area contributed by atoms with Crippen molar-refractivity contribution in [1.82, 2.24) is 14.8 Å². The normalized spacial score (nSPS) is 14.2. The summed E-state index contributed by atoms with van der Waals surface area (Å²) in [7, 11) is 0. The van der Waals surface area contributed by atoms with Crippen molar-refractivity contribution >= 4 is 41.1 Å². The molecule has 4 rings (SSSR count). The van der Waals surface area contributed by atoms with Crippen LogP contribution in [0.2, 0.25) is 5.02 Å². The maximum absolute atomic E-state index is 12.0. The van der Waals surface area contributed by atoms with Gasteiger partial charge < -0.3 is 14.6 Å². The Labute approximate surface area is 196 Å². The van der Waals surface area contributed by atoms with E-state index in [4.69, 9.17) is 11.6 Å². The molecule has 3 aromatic rings. The van der Waals surface area contributed by atoms with Gasteiger partial charge in [0.05, 0.1) is 0 Å². The van der Waals surface area contributed by atoms with Crippen LogP contribution in [0.5, 0.6) is 0 Å². The molecule has 8 heteroatoms. The minimum absolute atomic E-state index is 0.197. The number of hydrogen-bond acceptors (Lipinski definition) is 5. The van der Waals surface area contributed by atoms with E-state index in [2.05, 4.69) is 28.1 Å². The highest BCUT2D eigenvalue weighted by molar-refractivity contribution is 8.04. The van der Waals surface area contributed by atoms with Gasteiger partial charge in [-0.25, -0.2) is 4.79 Å². The Morgan fingerprint density at radius 2 is 1.88 bits per heavy atom. The Hall–Kier alpha value is -2.77. The number of aliphatic carboxylic acids is 1. The van der Waals surface area contributed by atoms with Gasteiger partial charge in [-0.1, -0.05) is 17.7 Å². The van der Waals surface area contributed by atoms with E-state index in [1.165, 1.54) is 18.5 Å². The number of anilines is 1. The average Bonchev–Trinajstić information content (AvgIpc) is 3.44. The van der Waals surface area contributed by atoms with Crippen LogP contribution in [-0.2, 0) is 11.3 Å². The summed E-state index contributed by atoms with van der Waals surface area (Å²) in [5.74, 6) is -0.308. The lowest BCUT2D eigenvalue weighted by atomic mass is 10.1. The predicted molar refractivity (Wildman–Crippen MR) is 130 cm³/mol. The topological polar surface area (TPSA) is 71.2 Å². The Morgan fingerprint density at radius 1 is 1.16 bits per heavy atom. The fourth-order valence-electron chi connectivity index (χ4n) is 3.93. The number of benzene rings is 2. The number of aryl methyl sites for hydroxylation is 1. The first-order valence-corrected chi connectivity index (χ1v) is 11.8. The first kappa shape index (κ1) is 22.4. The molecule has 1 aromatic heterocycles. The molecule has 6 nitrogen and oxygen atoms in total. The van der Waals surface area contributed by atoms with Crippen molar-refractivity contribution in [3.8, 4) is 11.4 Å². The van der Waals surface area contributed by atoms with Crippen LogP contribution in [0.1, 0.15) is 30.9 Å². The number of aromatic nitrogens is 3. The van der Waals surface area contributed by atoms with Gasteiger partial charge in [0.15, 0.2) is 11.0 Å². The van der Waals surface area contributed by atoms with E-state index >= 15 is 0 Å². The molecular formula is C24H25ClN4O2S. The fraction of sp³-hybridized carbons (Fsp3) is 0.292. The number of halogens is 1. The molecule has 0 aliphatic carbocycles. The summed E-state index contributed by atoms with van der Waals surface area (Å²) >= 11 is 7.11. The predicted octanol–water partition coefficient (Wildman–Crippen LogP) is 5.74. The molecule has 0 spiro atoms. The molecule has 1 aliphatic rings. The SMILES string of the molecule is CCn1c(S/C(=C/c2ccc(N3CCCC3)c(C)c2)C(=O)O)nnc1-c1ccc(Cl)cc1. The maximum Gasteiger partial charge on any atom is 0.342 e. The lowest BCUT2D eigenvalue weighted by molar-refractivity contribution is -0.131. The Kier molecular flexibility index (Phi) is 6.86. The summed E-state index contributed by atoms with van der Waals surface area (Å²) in [6.07, 6.45) is 4.14. The van der Waals surface area contributed by atoms with Gasteiger partial charge in [0, 0.05) is 35.9 Å². The van der Waals surface area contributed by atoms with E-state index in [1.54, 1.807) is 18.2 Å². The van der Waals surface area contributed by atoms with Gasteiger partial charge in [-0.05, 0) is 92.1 Å². The van der Waals surface area contributed by atoms with E-state index < -0.39 is 5.97 Å².